The summed E-state index contributed by atoms with van der Waals surface area (Å²) in [6, 6.07) is 0. The van der Waals surface area contributed by atoms with Crippen molar-refractivity contribution in [3.05, 3.63) is 12.2 Å². The van der Waals surface area contributed by atoms with Gasteiger partial charge in [-0.1, -0.05) is 12.0 Å². The van der Waals surface area contributed by atoms with Gasteiger partial charge in [0.05, 0.1) is 0 Å². The monoisotopic (exact) mass is 181 g/mol. The van der Waals surface area contributed by atoms with Crippen molar-refractivity contribution in [2.75, 3.05) is 6.54 Å². The standard InChI is InChI=1S/C11H19NO/c1-9(2)4-5-10(13)11(8-12)6-3-7-11/h1,3-8,12H2,2H3. The number of ketones is 1. The number of carbonyl (C=O) groups excluding carboxylic acids is 1. The van der Waals surface area contributed by atoms with Gasteiger partial charge in [0.1, 0.15) is 5.78 Å². The van der Waals surface area contributed by atoms with E-state index in [-0.39, 0.29) is 5.41 Å². The van der Waals surface area contributed by atoms with E-state index in [1.165, 1.54) is 0 Å². The molecule has 1 fully saturated rings. The minimum atomic E-state index is -0.143. The molecule has 13 heavy (non-hydrogen) atoms. The molecule has 1 rings (SSSR count). The molecule has 0 radical (unpaired) electrons. The molecule has 1 aliphatic rings. The number of nitrogens with two attached hydrogens (primary N) is 1. The summed E-state index contributed by atoms with van der Waals surface area (Å²) < 4.78 is 0. The first-order chi connectivity index (χ1) is 6.10. The van der Waals surface area contributed by atoms with Crippen LogP contribution in [0.25, 0.3) is 0 Å². The first-order valence-corrected chi connectivity index (χ1v) is 4.98. The van der Waals surface area contributed by atoms with Crippen LogP contribution < -0.4 is 5.73 Å². The molecule has 2 heteroatoms. The Labute approximate surface area is 80.2 Å². The van der Waals surface area contributed by atoms with Crippen LogP contribution >= 0.6 is 0 Å². The van der Waals surface area contributed by atoms with E-state index < -0.39 is 0 Å². The van der Waals surface area contributed by atoms with Crippen LogP contribution in [0, 0.1) is 5.41 Å². The zero-order valence-corrected chi connectivity index (χ0v) is 8.44. The molecule has 0 aromatic rings. The first-order valence-electron chi connectivity index (χ1n) is 4.98. The minimum absolute atomic E-state index is 0.143. The predicted octanol–water partition coefficient (Wildman–Crippen LogP) is 2.04. The third-order valence-electron chi connectivity index (χ3n) is 3.07. The highest BCUT2D eigenvalue weighted by Gasteiger charge is 2.41. The van der Waals surface area contributed by atoms with Crippen LogP contribution in [0.3, 0.4) is 0 Å². The number of Topliss-reactive ketones (excluding diaryl/α,β-unsaturated/α-hetero) is 1. The Balaban J connectivity index is 2.41. The zero-order valence-electron chi connectivity index (χ0n) is 8.44. The summed E-state index contributed by atoms with van der Waals surface area (Å²) in [5.41, 5.74) is 6.57. The summed E-state index contributed by atoms with van der Waals surface area (Å²) >= 11 is 0. The third kappa shape index (κ3) is 2.19. The van der Waals surface area contributed by atoms with Crippen LogP contribution in [-0.2, 0) is 4.79 Å². The van der Waals surface area contributed by atoms with Gasteiger partial charge in [-0.2, -0.15) is 0 Å². The van der Waals surface area contributed by atoms with Crippen molar-refractivity contribution < 1.29 is 4.79 Å². The second-order valence-corrected chi connectivity index (χ2v) is 4.22. The maximum absolute atomic E-state index is 11.8. The Morgan fingerprint density at radius 2 is 2.08 bits per heavy atom. The van der Waals surface area contributed by atoms with E-state index in [4.69, 9.17) is 5.73 Å². The van der Waals surface area contributed by atoms with E-state index in [2.05, 4.69) is 6.58 Å². The summed E-state index contributed by atoms with van der Waals surface area (Å²) in [4.78, 5) is 11.8. The number of hydrogen-bond acceptors (Lipinski definition) is 2. The van der Waals surface area contributed by atoms with Gasteiger partial charge in [-0.05, 0) is 26.2 Å². The van der Waals surface area contributed by atoms with Crippen molar-refractivity contribution in [3.8, 4) is 0 Å². The lowest BCUT2D eigenvalue weighted by Crippen LogP contribution is -2.44. The Morgan fingerprint density at radius 1 is 1.46 bits per heavy atom. The molecule has 1 saturated carbocycles. The first kappa shape index (κ1) is 10.5. The fourth-order valence-electron chi connectivity index (χ4n) is 1.79. The molecular weight excluding hydrogens is 162 g/mol. The van der Waals surface area contributed by atoms with Gasteiger partial charge < -0.3 is 5.73 Å². The summed E-state index contributed by atoms with van der Waals surface area (Å²) in [6.07, 6.45) is 4.61. The van der Waals surface area contributed by atoms with Crippen LogP contribution in [0.5, 0.6) is 0 Å². The molecule has 0 saturated heterocycles. The lowest BCUT2D eigenvalue weighted by atomic mass is 9.65. The molecule has 0 aromatic carbocycles. The van der Waals surface area contributed by atoms with Gasteiger partial charge in [0, 0.05) is 18.4 Å². The van der Waals surface area contributed by atoms with Crippen LogP contribution in [0.1, 0.15) is 39.0 Å². The van der Waals surface area contributed by atoms with E-state index in [1.807, 2.05) is 6.92 Å². The van der Waals surface area contributed by atoms with Crippen LogP contribution in [-0.4, -0.2) is 12.3 Å². The molecule has 74 valence electrons. The van der Waals surface area contributed by atoms with Crippen molar-refractivity contribution >= 4 is 5.78 Å². The lowest BCUT2D eigenvalue weighted by molar-refractivity contribution is -0.132. The molecule has 0 unspecified atom stereocenters. The number of hydrogen-bond donors (Lipinski definition) is 1. The summed E-state index contributed by atoms with van der Waals surface area (Å²) in [7, 11) is 0. The molecule has 0 heterocycles. The van der Waals surface area contributed by atoms with Crippen molar-refractivity contribution in [2.45, 2.75) is 39.0 Å². The lowest BCUT2D eigenvalue weighted by Gasteiger charge is -2.39. The van der Waals surface area contributed by atoms with Gasteiger partial charge in [0.15, 0.2) is 0 Å². The molecule has 0 bridgehead atoms. The molecule has 0 aliphatic heterocycles. The van der Waals surface area contributed by atoms with Crippen molar-refractivity contribution in [1.82, 2.24) is 0 Å². The second-order valence-electron chi connectivity index (χ2n) is 4.22. The van der Waals surface area contributed by atoms with Gasteiger partial charge in [-0.3, -0.25) is 4.79 Å². The Hall–Kier alpha value is -0.630. The highest BCUT2D eigenvalue weighted by atomic mass is 16.1. The minimum Gasteiger partial charge on any atom is -0.329 e. The summed E-state index contributed by atoms with van der Waals surface area (Å²) in [6.45, 7) is 6.29. The Morgan fingerprint density at radius 3 is 2.38 bits per heavy atom. The molecule has 1 aliphatic carbocycles. The van der Waals surface area contributed by atoms with E-state index in [0.29, 0.717) is 18.7 Å². The fourth-order valence-corrected chi connectivity index (χ4v) is 1.79. The highest BCUT2D eigenvalue weighted by Crippen LogP contribution is 2.41. The Bertz CT molecular complexity index is 211. The zero-order chi connectivity index (χ0) is 9.90. The molecule has 2 nitrogen and oxygen atoms in total. The second kappa shape index (κ2) is 4.05. The van der Waals surface area contributed by atoms with E-state index >= 15 is 0 Å². The summed E-state index contributed by atoms with van der Waals surface area (Å²) in [5.74, 6) is 0.351. The predicted molar refractivity (Wildman–Crippen MR) is 54.4 cm³/mol. The third-order valence-corrected chi connectivity index (χ3v) is 3.07. The van der Waals surface area contributed by atoms with Crippen LogP contribution in [0.4, 0.5) is 0 Å². The summed E-state index contributed by atoms with van der Waals surface area (Å²) in [5, 5.41) is 0. The SMILES string of the molecule is C=C(C)CCC(=O)C1(CN)CCC1. The van der Waals surface area contributed by atoms with E-state index in [1.54, 1.807) is 0 Å². The quantitative estimate of drug-likeness (QED) is 0.659. The average Bonchev–Trinajstić information content (AvgIpc) is 2.00. The number of allylic oxidation sites excluding steroid dienone is 1. The average molecular weight is 181 g/mol. The molecular formula is C11H19NO. The van der Waals surface area contributed by atoms with E-state index in [9.17, 15) is 4.79 Å². The number of rotatable bonds is 5. The van der Waals surface area contributed by atoms with Gasteiger partial charge in [-0.25, -0.2) is 0 Å². The number of carbonyl (C=O) groups is 1. The topological polar surface area (TPSA) is 43.1 Å². The van der Waals surface area contributed by atoms with Crippen molar-refractivity contribution in [1.29, 1.82) is 0 Å². The van der Waals surface area contributed by atoms with Gasteiger partial charge in [-0.15, -0.1) is 6.58 Å². The molecule has 0 amide bonds. The fraction of sp³-hybridized carbons (Fsp3) is 0.727. The van der Waals surface area contributed by atoms with Crippen molar-refractivity contribution in [3.63, 3.8) is 0 Å². The van der Waals surface area contributed by atoms with E-state index in [0.717, 1.165) is 31.3 Å². The van der Waals surface area contributed by atoms with Gasteiger partial charge in [0.25, 0.3) is 0 Å². The van der Waals surface area contributed by atoms with Gasteiger partial charge >= 0.3 is 0 Å². The molecule has 0 spiro atoms. The molecule has 0 atom stereocenters. The maximum Gasteiger partial charge on any atom is 0.140 e. The van der Waals surface area contributed by atoms with Gasteiger partial charge in [0.2, 0.25) is 0 Å². The van der Waals surface area contributed by atoms with Crippen LogP contribution in [0.15, 0.2) is 12.2 Å². The highest BCUT2D eigenvalue weighted by molar-refractivity contribution is 5.86. The van der Waals surface area contributed by atoms with Crippen LogP contribution in [0.2, 0.25) is 0 Å². The normalized spacial score (nSPS) is 19.2. The molecule has 0 aromatic heterocycles. The largest absolute Gasteiger partial charge is 0.329 e. The maximum atomic E-state index is 11.8. The smallest absolute Gasteiger partial charge is 0.140 e. The Kier molecular flexibility index (Phi) is 3.26. The molecule has 2 N–H and O–H groups in total. The van der Waals surface area contributed by atoms with Crippen molar-refractivity contribution in [2.24, 2.45) is 11.1 Å².